The molecule has 0 unspecified atom stereocenters. The van der Waals surface area contributed by atoms with Crippen molar-refractivity contribution in [3.05, 3.63) is 27.6 Å². The summed E-state index contributed by atoms with van der Waals surface area (Å²) in [6.07, 6.45) is 0.518. The van der Waals surface area contributed by atoms with Crippen molar-refractivity contribution in [1.29, 1.82) is 0 Å². The van der Waals surface area contributed by atoms with Gasteiger partial charge >= 0.3 is 0 Å². The van der Waals surface area contributed by atoms with E-state index in [2.05, 4.69) is 0 Å². The van der Waals surface area contributed by atoms with Crippen molar-refractivity contribution in [3.8, 4) is 5.75 Å². The Kier molecular flexibility index (Phi) is 4.44. The van der Waals surface area contributed by atoms with Crippen LogP contribution in [0, 0.1) is 9.39 Å². The fourth-order valence-corrected chi connectivity index (χ4v) is 1.48. The molecule has 0 bridgehead atoms. The van der Waals surface area contributed by atoms with Gasteiger partial charge in [-0.25, -0.2) is 4.39 Å². The Morgan fingerprint density at radius 1 is 1.46 bits per heavy atom. The van der Waals surface area contributed by atoms with Crippen LogP contribution >= 0.6 is 22.6 Å². The van der Waals surface area contributed by atoms with E-state index >= 15 is 0 Å². The summed E-state index contributed by atoms with van der Waals surface area (Å²) >= 11 is 2.01. The van der Waals surface area contributed by atoms with Crippen LogP contribution in [0.25, 0.3) is 0 Å². The first kappa shape index (κ1) is 10.7. The Bertz CT molecular complexity index is 258. The van der Waals surface area contributed by atoms with Crippen LogP contribution in [0.15, 0.2) is 18.2 Å². The molecule has 0 aliphatic carbocycles. The van der Waals surface area contributed by atoms with E-state index in [-0.39, 0.29) is 18.2 Å². The van der Waals surface area contributed by atoms with Gasteiger partial charge in [-0.15, -0.1) is 0 Å². The van der Waals surface area contributed by atoms with E-state index in [0.717, 1.165) is 3.57 Å². The molecule has 1 N–H and O–H groups in total. The Labute approximate surface area is 89.9 Å². The molecule has 4 heteroatoms. The lowest BCUT2D eigenvalue weighted by Gasteiger charge is -2.07. The molecular weight excluding hydrogens is 286 g/mol. The number of benzene rings is 1. The molecule has 0 heterocycles. The monoisotopic (exact) mass is 296 g/mol. The maximum absolute atomic E-state index is 13.1. The predicted octanol–water partition coefficient (Wildman–Crippen LogP) is 2.19. The molecule has 0 saturated heterocycles. The third-order valence-corrected chi connectivity index (χ3v) is 2.32. The molecule has 2 nitrogen and oxygen atoms in total. The van der Waals surface area contributed by atoms with Gasteiger partial charge in [-0.1, -0.05) is 6.07 Å². The van der Waals surface area contributed by atoms with E-state index in [4.69, 9.17) is 9.84 Å². The van der Waals surface area contributed by atoms with Crippen molar-refractivity contribution in [2.24, 2.45) is 0 Å². The number of ether oxygens (including phenoxy) is 1. The summed E-state index contributed by atoms with van der Waals surface area (Å²) in [6, 6.07) is 4.77. The van der Waals surface area contributed by atoms with Crippen LogP contribution in [0.1, 0.15) is 6.42 Å². The zero-order chi connectivity index (χ0) is 9.68. The summed E-state index contributed by atoms with van der Waals surface area (Å²) in [5.74, 6) is -0.0820. The first-order valence-corrected chi connectivity index (χ1v) is 5.01. The SMILES string of the molecule is OCCCOc1c(F)cccc1I. The summed E-state index contributed by atoms with van der Waals surface area (Å²) in [5.41, 5.74) is 0. The quantitative estimate of drug-likeness (QED) is 0.682. The van der Waals surface area contributed by atoms with E-state index in [1.807, 2.05) is 22.6 Å². The van der Waals surface area contributed by atoms with Crippen LogP contribution in [-0.4, -0.2) is 18.3 Å². The minimum absolute atomic E-state index is 0.0605. The van der Waals surface area contributed by atoms with Gasteiger partial charge in [-0.05, 0) is 34.7 Å². The number of aliphatic hydroxyl groups excluding tert-OH is 1. The lowest BCUT2D eigenvalue weighted by atomic mass is 10.3. The van der Waals surface area contributed by atoms with E-state index in [1.165, 1.54) is 6.07 Å². The number of rotatable bonds is 4. The van der Waals surface area contributed by atoms with E-state index in [0.29, 0.717) is 13.0 Å². The van der Waals surface area contributed by atoms with Gasteiger partial charge in [0.25, 0.3) is 0 Å². The average molecular weight is 296 g/mol. The highest BCUT2D eigenvalue weighted by atomic mass is 127. The summed E-state index contributed by atoms with van der Waals surface area (Å²) in [4.78, 5) is 0. The molecule has 13 heavy (non-hydrogen) atoms. The zero-order valence-electron chi connectivity index (χ0n) is 6.96. The molecule has 1 rings (SSSR count). The van der Waals surface area contributed by atoms with Crippen molar-refractivity contribution in [3.63, 3.8) is 0 Å². The molecule has 0 radical (unpaired) electrons. The number of halogens is 2. The summed E-state index contributed by atoms with van der Waals surface area (Å²) in [5, 5.41) is 8.51. The van der Waals surface area contributed by atoms with Gasteiger partial charge in [-0.3, -0.25) is 0 Å². The van der Waals surface area contributed by atoms with E-state index < -0.39 is 0 Å². The van der Waals surface area contributed by atoms with Crippen LogP contribution in [0.2, 0.25) is 0 Å². The molecule has 1 aromatic carbocycles. The molecule has 72 valence electrons. The Morgan fingerprint density at radius 2 is 2.23 bits per heavy atom. The zero-order valence-corrected chi connectivity index (χ0v) is 9.12. The van der Waals surface area contributed by atoms with Crippen LogP contribution < -0.4 is 4.74 Å². The predicted molar refractivity (Wildman–Crippen MR) is 56.3 cm³/mol. The number of hydrogen-bond acceptors (Lipinski definition) is 2. The minimum Gasteiger partial charge on any atom is -0.489 e. The highest BCUT2D eigenvalue weighted by Gasteiger charge is 2.06. The highest BCUT2D eigenvalue weighted by Crippen LogP contribution is 2.23. The number of aliphatic hydroxyl groups is 1. The van der Waals surface area contributed by atoms with Crippen molar-refractivity contribution in [1.82, 2.24) is 0 Å². The fraction of sp³-hybridized carbons (Fsp3) is 0.333. The normalized spacial score (nSPS) is 10.1. The van der Waals surface area contributed by atoms with Crippen LogP contribution in [-0.2, 0) is 0 Å². The molecule has 0 saturated carbocycles. The maximum Gasteiger partial charge on any atom is 0.168 e. The third-order valence-electron chi connectivity index (χ3n) is 1.47. The van der Waals surface area contributed by atoms with Gasteiger partial charge in [0.2, 0.25) is 0 Å². The largest absolute Gasteiger partial charge is 0.489 e. The van der Waals surface area contributed by atoms with Gasteiger partial charge in [0.05, 0.1) is 10.2 Å². The molecule has 0 spiro atoms. The summed E-state index contributed by atoms with van der Waals surface area (Å²) < 4.78 is 19.0. The van der Waals surface area contributed by atoms with Crippen molar-refractivity contribution >= 4 is 22.6 Å². The lowest BCUT2D eigenvalue weighted by Crippen LogP contribution is -2.02. The third kappa shape index (κ3) is 3.11. The molecular formula is C9H10FIO2. The second-order valence-electron chi connectivity index (χ2n) is 2.48. The second-order valence-corrected chi connectivity index (χ2v) is 3.64. The summed E-state index contributed by atoms with van der Waals surface area (Å²) in [7, 11) is 0. The van der Waals surface area contributed by atoms with Crippen molar-refractivity contribution in [2.45, 2.75) is 6.42 Å². The smallest absolute Gasteiger partial charge is 0.168 e. The Morgan fingerprint density at radius 3 is 2.85 bits per heavy atom. The maximum atomic E-state index is 13.1. The Hall–Kier alpha value is -0.360. The molecule has 0 aliphatic heterocycles. The summed E-state index contributed by atoms with van der Waals surface area (Å²) in [6.45, 7) is 0.401. The molecule has 0 aromatic heterocycles. The lowest BCUT2D eigenvalue weighted by molar-refractivity contribution is 0.227. The second kappa shape index (κ2) is 5.39. The van der Waals surface area contributed by atoms with Crippen LogP contribution in [0.3, 0.4) is 0 Å². The molecule has 0 aliphatic rings. The van der Waals surface area contributed by atoms with E-state index in [9.17, 15) is 4.39 Å². The fourth-order valence-electron chi connectivity index (χ4n) is 0.859. The van der Waals surface area contributed by atoms with Gasteiger partial charge in [0, 0.05) is 13.0 Å². The van der Waals surface area contributed by atoms with Gasteiger partial charge in [-0.2, -0.15) is 0 Å². The Balaban J connectivity index is 2.64. The van der Waals surface area contributed by atoms with Gasteiger partial charge < -0.3 is 9.84 Å². The standard InChI is InChI=1S/C9H10FIO2/c10-7-3-1-4-8(11)9(7)13-6-2-5-12/h1,3-4,12H,2,5-6H2. The molecule has 0 amide bonds. The first-order valence-electron chi connectivity index (χ1n) is 3.93. The minimum atomic E-state index is -0.357. The number of hydrogen-bond donors (Lipinski definition) is 1. The number of para-hydroxylation sites is 1. The highest BCUT2D eigenvalue weighted by molar-refractivity contribution is 14.1. The van der Waals surface area contributed by atoms with Crippen molar-refractivity contribution in [2.75, 3.05) is 13.2 Å². The average Bonchev–Trinajstić information content (AvgIpc) is 2.10. The topological polar surface area (TPSA) is 29.5 Å². The molecule has 0 fully saturated rings. The first-order chi connectivity index (χ1) is 6.25. The van der Waals surface area contributed by atoms with Crippen LogP contribution in [0.5, 0.6) is 5.75 Å². The van der Waals surface area contributed by atoms with Gasteiger partial charge in [0.1, 0.15) is 0 Å². The van der Waals surface area contributed by atoms with Crippen molar-refractivity contribution < 1.29 is 14.2 Å². The van der Waals surface area contributed by atoms with E-state index in [1.54, 1.807) is 12.1 Å². The van der Waals surface area contributed by atoms with Gasteiger partial charge in [0.15, 0.2) is 11.6 Å². The van der Waals surface area contributed by atoms with Crippen LogP contribution in [0.4, 0.5) is 4.39 Å². The molecule has 0 atom stereocenters. The molecule has 1 aromatic rings.